The third-order valence-corrected chi connectivity index (χ3v) is 7.97. The molecule has 2 amide bonds. The van der Waals surface area contributed by atoms with Gasteiger partial charge in [-0.2, -0.15) is 4.31 Å². The summed E-state index contributed by atoms with van der Waals surface area (Å²) in [4.78, 5) is 48.8. The maximum atomic E-state index is 12.2. The van der Waals surface area contributed by atoms with Crippen LogP contribution in [-0.2, 0) is 31.8 Å². The third kappa shape index (κ3) is 6.00. The number of nitrogens with zero attached hydrogens (tertiary/aromatic N) is 1. The lowest BCUT2D eigenvalue weighted by Crippen LogP contribution is -2.56. The fourth-order valence-electron chi connectivity index (χ4n) is 2.78. The molecule has 0 aliphatic carbocycles. The molecule has 3 aliphatic heterocycles. The summed E-state index contributed by atoms with van der Waals surface area (Å²) in [6, 6.07) is -0.700. The van der Waals surface area contributed by atoms with E-state index in [1.165, 1.54) is 6.20 Å². The van der Waals surface area contributed by atoms with E-state index in [1.54, 1.807) is 12.3 Å². The Bertz CT molecular complexity index is 934. The summed E-state index contributed by atoms with van der Waals surface area (Å²) in [5.74, 6) is 0. The molecular formula is C11H18N3O14P3. The van der Waals surface area contributed by atoms with Crippen molar-refractivity contribution in [2.45, 2.75) is 30.9 Å². The van der Waals surface area contributed by atoms with Crippen molar-refractivity contribution in [3.8, 4) is 0 Å². The van der Waals surface area contributed by atoms with Crippen LogP contribution in [0.2, 0.25) is 0 Å². The highest BCUT2D eigenvalue weighted by molar-refractivity contribution is 7.68. The number of phosphoric acid groups is 2. The highest BCUT2D eigenvalue weighted by Crippen LogP contribution is 2.66. The van der Waals surface area contributed by atoms with Crippen molar-refractivity contribution in [1.29, 1.82) is 0 Å². The van der Waals surface area contributed by atoms with E-state index in [2.05, 4.69) is 19.3 Å². The first kappa shape index (κ1) is 24.5. The fourth-order valence-corrected chi connectivity index (χ4v) is 6.06. The van der Waals surface area contributed by atoms with E-state index in [-0.39, 0.29) is 0 Å². The average Bonchev–Trinajstić information content (AvgIpc) is 3.14. The van der Waals surface area contributed by atoms with Crippen LogP contribution in [-0.4, -0.2) is 78.0 Å². The Kier molecular flexibility index (Phi) is 6.83. The maximum Gasteiger partial charge on any atom is 0.488 e. The summed E-state index contributed by atoms with van der Waals surface area (Å²) in [5, 5.41) is 25.6. The van der Waals surface area contributed by atoms with Crippen LogP contribution in [0.15, 0.2) is 24.0 Å². The molecule has 7 unspecified atom stereocenters. The summed E-state index contributed by atoms with van der Waals surface area (Å²) in [7, 11) is -16.4. The maximum absolute atomic E-state index is 12.2. The Balaban J connectivity index is 1.63. The minimum atomic E-state index is -5.67. The van der Waals surface area contributed by atoms with Crippen LogP contribution in [0.3, 0.4) is 0 Å². The first-order chi connectivity index (χ1) is 14.2. The Morgan fingerprint density at radius 2 is 1.77 bits per heavy atom. The molecule has 3 aliphatic rings. The largest absolute Gasteiger partial charge is 0.488 e. The zero-order valence-corrected chi connectivity index (χ0v) is 17.7. The number of fused-ring (bicyclic) bond motifs is 1. The molecule has 7 atom stereocenters. The second-order valence-electron chi connectivity index (χ2n) is 6.35. The van der Waals surface area contributed by atoms with Crippen molar-refractivity contribution >= 4 is 29.3 Å². The number of carbonyl (C=O) groups is 1. The SMILES string of the molecule is O=C1NC2NC=CC2=CN1C1OC(OCP(=O)(O)OP(=O)(O)OP(=O)(O)O)C(O)C1O. The van der Waals surface area contributed by atoms with Gasteiger partial charge in [-0.15, -0.1) is 0 Å². The molecule has 3 rings (SSSR count). The van der Waals surface area contributed by atoms with Gasteiger partial charge in [0.1, 0.15) is 18.4 Å². The topological polar surface area (TPSA) is 254 Å². The number of nitrogens with one attached hydrogen (secondary N) is 2. The van der Waals surface area contributed by atoms with E-state index >= 15 is 0 Å². The molecule has 0 spiro atoms. The van der Waals surface area contributed by atoms with E-state index in [0.717, 1.165) is 4.90 Å². The molecule has 1 saturated heterocycles. The molecule has 17 nitrogen and oxygen atoms in total. The Morgan fingerprint density at radius 1 is 1.10 bits per heavy atom. The molecule has 0 aromatic heterocycles. The van der Waals surface area contributed by atoms with Crippen molar-refractivity contribution in [2.75, 3.05) is 6.35 Å². The molecule has 0 bridgehead atoms. The number of ether oxygens (including phenoxy) is 2. The minimum Gasteiger partial charge on any atom is -0.385 e. The highest BCUT2D eigenvalue weighted by atomic mass is 31.3. The fraction of sp³-hybridized carbons (Fsp3) is 0.545. The number of amides is 2. The predicted molar refractivity (Wildman–Crippen MR) is 95.0 cm³/mol. The lowest BCUT2D eigenvalue weighted by Gasteiger charge is -2.33. The number of carbonyl (C=O) groups excluding carboxylic acids is 1. The second kappa shape index (κ2) is 8.65. The molecule has 3 heterocycles. The number of aliphatic hydroxyl groups is 2. The minimum absolute atomic E-state index is 0.485. The summed E-state index contributed by atoms with van der Waals surface area (Å²) in [5.41, 5.74) is 0.603. The van der Waals surface area contributed by atoms with Gasteiger partial charge in [0.2, 0.25) is 0 Å². The van der Waals surface area contributed by atoms with Gasteiger partial charge >= 0.3 is 29.3 Å². The quantitative estimate of drug-likeness (QED) is 0.167. The number of urea groups is 1. The Hall–Kier alpha value is -1.16. The van der Waals surface area contributed by atoms with Gasteiger partial charge in [0.15, 0.2) is 18.9 Å². The molecule has 0 aromatic rings. The third-order valence-electron chi connectivity index (χ3n) is 3.97. The average molecular weight is 509 g/mol. The molecule has 176 valence electrons. The van der Waals surface area contributed by atoms with Crippen LogP contribution in [0.4, 0.5) is 4.79 Å². The smallest absolute Gasteiger partial charge is 0.385 e. The predicted octanol–water partition coefficient (Wildman–Crippen LogP) is -1.87. The van der Waals surface area contributed by atoms with Crippen LogP contribution in [0.1, 0.15) is 0 Å². The van der Waals surface area contributed by atoms with Gasteiger partial charge in [0, 0.05) is 11.8 Å². The van der Waals surface area contributed by atoms with Gasteiger partial charge in [0.25, 0.3) is 0 Å². The van der Waals surface area contributed by atoms with Crippen LogP contribution < -0.4 is 10.6 Å². The van der Waals surface area contributed by atoms with Gasteiger partial charge in [-0.3, -0.25) is 9.46 Å². The summed E-state index contributed by atoms with van der Waals surface area (Å²) >= 11 is 0. The van der Waals surface area contributed by atoms with Crippen molar-refractivity contribution < 1.29 is 66.4 Å². The Morgan fingerprint density at radius 3 is 2.42 bits per heavy atom. The molecule has 8 N–H and O–H groups in total. The highest BCUT2D eigenvalue weighted by Gasteiger charge is 2.49. The number of aliphatic hydroxyl groups excluding tert-OH is 2. The standard InChI is InChI=1S/C11H18N3O14P3/c15-6-7(16)10(25-4-29(18,19)27-31(23,24)28-30(20,21)22)26-9(6)14-3-5-1-2-12-8(5)13-11(14)17/h1-3,6-10,12,15-16H,4H2,(H,13,17)(H,18,19)(H,23,24)(H2,20,21,22). The first-order valence-electron chi connectivity index (χ1n) is 8.17. The molecule has 31 heavy (non-hydrogen) atoms. The summed E-state index contributed by atoms with van der Waals surface area (Å²) in [6.07, 6.45) is -4.15. The van der Waals surface area contributed by atoms with E-state index in [4.69, 9.17) is 24.2 Å². The molecule has 0 aromatic carbocycles. The molecule has 0 saturated carbocycles. The van der Waals surface area contributed by atoms with Gasteiger partial charge in [-0.25, -0.2) is 18.2 Å². The number of hydrogen-bond acceptors (Lipinski definition) is 11. The lowest BCUT2D eigenvalue weighted by molar-refractivity contribution is -0.170. The van der Waals surface area contributed by atoms with Gasteiger partial charge in [-0.05, 0) is 12.3 Å². The van der Waals surface area contributed by atoms with Gasteiger partial charge in [-0.1, -0.05) is 0 Å². The molecular weight excluding hydrogens is 491 g/mol. The Labute approximate surface area is 173 Å². The van der Waals surface area contributed by atoms with Crippen LogP contribution >= 0.6 is 23.2 Å². The summed E-state index contributed by atoms with van der Waals surface area (Å²) < 4.78 is 51.1. The van der Waals surface area contributed by atoms with Crippen LogP contribution in [0, 0.1) is 0 Å². The normalized spacial score (nSPS) is 34.4. The van der Waals surface area contributed by atoms with Gasteiger partial charge in [0.05, 0.1) is 0 Å². The van der Waals surface area contributed by atoms with E-state index in [1.807, 2.05) is 0 Å². The van der Waals surface area contributed by atoms with Crippen molar-refractivity contribution in [1.82, 2.24) is 15.5 Å². The van der Waals surface area contributed by atoms with Crippen LogP contribution in [0.25, 0.3) is 0 Å². The number of rotatable bonds is 8. The molecule has 1 fully saturated rings. The van der Waals surface area contributed by atoms with E-state index < -0.39 is 66.5 Å². The lowest BCUT2D eigenvalue weighted by atomic mass is 10.1. The number of hydrogen-bond donors (Lipinski definition) is 8. The zero-order chi connectivity index (χ0) is 23.2. The van der Waals surface area contributed by atoms with Crippen LogP contribution in [0.5, 0.6) is 0 Å². The zero-order valence-electron chi connectivity index (χ0n) is 15.1. The van der Waals surface area contributed by atoms with E-state index in [9.17, 15) is 33.6 Å². The molecule has 20 heteroatoms. The van der Waals surface area contributed by atoms with Crippen molar-refractivity contribution in [2.24, 2.45) is 0 Å². The first-order valence-corrected chi connectivity index (χ1v) is 13.0. The monoisotopic (exact) mass is 509 g/mol. The summed E-state index contributed by atoms with van der Waals surface area (Å²) in [6.45, 7) is 0. The van der Waals surface area contributed by atoms with E-state index in [0.29, 0.717) is 5.57 Å². The molecule has 0 radical (unpaired) electrons. The van der Waals surface area contributed by atoms with Crippen molar-refractivity contribution in [3.05, 3.63) is 24.0 Å². The second-order valence-corrected chi connectivity index (χ2v) is 11.1. The van der Waals surface area contributed by atoms with Crippen molar-refractivity contribution in [3.63, 3.8) is 0 Å². The van der Waals surface area contributed by atoms with Gasteiger partial charge < -0.3 is 49.9 Å².